The van der Waals surface area contributed by atoms with Crippen LogP contribution in [0.2, 0.25) is 0 Å². The summed E-state index contributed by atoms with van der Waals surface area (Å²) in [4.78, 5) is 28.1. The summed E-state index contributed by atoms with van der Waals surface area (Å²) in [5.41, 5.74) is 5.68. The third-order valence-electron chi connectivity index (χ3n) is 3.75. The van der Waals surface area contributed by atoms with Gasteiger partial charge in [-0.05, 0) is 40.0 Å². The molecule has 1 aliphatic heterocycles. The van der Waals surface area contributed by atoms with E-state index < -0.39 is 0 Å². The first-order valence-electron chi connectivity index (χ1n) is 7.35. The quantitative estimate of drug-likeness (QED) is 0.806. The predicted molar refractivity (Wildman–Crippen MR) is 82.8 cm³/mol. The van der Waals surface area contributed by atoms with Crippen LogP contribution in [0.15, 0.2) is 0 Å². The summed E-state index contributed by atoms with van der Waals surface area (Å²) in [6.45, 7) is 7.95. The minimum absolute atomic E-state index is 0. The molecule has 1 heterocycles. The van der Waals surface area contributed by atoms with Crippen molar-refractivity contribution in [2.75, 3.05) is 19.6 Å². The Morgan fingerprint density at radius 2 is 1.95 bits per heavy atom. The second-order valence-corrected chi connectivity index (χ2v) is 5.27. The van der Waals surface area contributed by atoms with Crippen LogP contribution in [0.4, 0.5) is 0 Å². The monoisotopic (exact) mass is 305 g/mol. The maximum absolute atomic E-state index is 12.4. The maximum atomic E-state index is 12.4. The van der Waals surface area contributed by atoms with E-state index in [1.165, 1.54) is 0 Å². The summed E-state index contributed by atoms with van der Waals surface area (Å²) >= 11 is 0. The molecule has 20 heavy (non-hydrogen) atoms. The lowest BCUT2D eigenvalue weighted by Crippen LogP contribution is -2.47. The van der Waals surface area contributed by atoms with Gasteiger partial charge in [-0.3, -0.25) is 9.59 Å². The Hall–Kier alpha value is -0.810. The average molecular weight is 306 g/mol. The normalized spacial score (nSPS) is 19.4. The number of nitrogens with two attached hydrogens (primary N) is 1. The smallest absolute Gasteiger partial charge is 0.245 e. The van der Waals surface area contributed by atoms with E-state index in [0.29, 0.717) is 32.5 Å². The topological polar surface area (TPSA) is 66.6 Å². The molecular weight excluding hydrogens is 278 g/mol. The first-order valence-corrected chi connectivity index (χ1v) is 7.35. The zero-order valence-corrected chi connectivity index (χ0v) is 13.6. The van der Waals surface area contributed by atoms with E-state index >= 15 is 0 Å². The number of hydrogen-bond acceptors (Lipinski definition) is 3. The molecule has 0 aromatic carbocycles. The highest BCUT2D eigenvalue weighted by atomic mass is 35.5. The summed E-state index contributed by atoms with van der Waals surface area (Å²) in [6, 6.07) is -0.219. The van der Waals surface area contributed by atoms with Crippen LogP contribution in [-0.2, 0) is 9.59 Å². The lowest BCUT2D eigenvalue weighted by Gasteiger charge is -2.29. The van der Waals surface area contributed by atoms with E-state index in [9.17, 15) is 9.59 Å². The fourth-order valence-corrected chi connectivity index (χ4v) is 2.56. The number of likely N-dealkylation sites (tertiary alicyclic amines) is 1. The molecule has 0 aliphatic carbocycles. The van der Waals surface area contributed by atoms with Crippen LogP contribution < -0.4 is 5.73 Å². The molecule has 1 fully saturated rings. The lowest BCUT2D eigenvalue weighted by molar-refractivity contribution is -0.143. The second kappa shape index (κ2) is 9.19. The first kappa shape index (κ1) is 19.2. The Labute approximate surface area is 128 Å². The number of likely N-dealkylation sites (N-methyl/N-ethyl adjacent to an activating group) is 1. The summed E-state index contributed by atoms with van der Waals surface area (Å²) in [5, 5.41) is 0. The fraction of sp³-hybridized carbons (Fsp3) is 0.857. The Bertz CT molecular complexity index is 320. The van der Waals surface area contributed by atoms with Gasteiger partial charge in [0.15, 0.2) is 0 Å². The number of halogens is 1. The molecule has 0 aromatic heterocycles. The number of hydrogen-bond donors (Lipinski definition) is 1. The van der Waals surface area contributed by atoms with E-state index in [2.05, 4.69) is 0 Å². The van der Waals surface area contributed by atoms with Crippen LogP contribution in [0.1, 0.15) is 46.5 Å². The molecule has 0 saturated carbocycles. The third kappa shape index (κ3) is 4.94. The number of amides is 2. The molecule has 0 bridgehead atoms. The molecule has 5 nitrogen and oxygen atoms in total. The van der Waals surface area contributed by atoms with Crippen molar-refractivity contribution in [2.24, 2.45) is 5.73 Å². The van der Waals surface area contributed by atoms with Crippen LogP contribution in [0.5, 0.6) is 0 Å². The highest BCUT2D eigenvalue weighted by Gasteiger charge is 2.35. The average Bonchev–Trinajstić information content (AvgIpc) is 2.86. The number of rotatable bonds is 6. The Morgan fingerprint density at radius 1 is 1.35 bits per heavy atom. The highest BCUT2D eigenvalue weighted by molar-refractivity contribution is 5.88. The van der Waals surface area contributed by atoms with E-state index in [1.54, 1.807) is 4.90 Å². The molecule has 2 amide bonds. The van der Waals surface area contributed by atoms with Crippen molar-refractivity contribution in [2.45, 2.75) is 58.5 Å². The predicted octanol–water partition coefficient (Wildman–Crippen LogP) is 1.40. The third-order valence-corrected chi connectivity index (χ3v) is 3.75. The van der Waals surface area contributed by atoms with Crippen LogP contribution in [0.25, 0.3) is 0 Å². The van der Waals surface area contributed by atoms with Crippen molar-refractivity contribution in [1.82, 2.24) is 9.80 Å². The van der Waals surface area contributed by atoms with Crippen molar-refractivity contribution in [1.29, 1.82) is 0 Å². The molecule has 2 atom stereocenters. The Balaban J connectivity index is 0.00000361. The van der Waals surface area contributed by atoms with Crippen LogP contribution in [0.3, 0.4) is 0 Å². The number of carbonyl (C=O) groups excluding carboxylic acids is 2. The van der Waals surface area contributed by atoms with Crippen molar-refractivity contribution in [3.05, 3.63) is 0 Å². The van der Waals surface area contributed by atoms with Crippen molar-refractivity contribution in [3.8, 4) is 0 Å². The Morgan fingerprint density at radius 3 is 2.45 bits per heavy atom. The molecule has 2 unspecified atom stereocenters. The minimum Gasteiger partial charge on any atom is -0.341 e. The van der Waals surface area contributed by atoms with Gasteiger partial charge in [-0.1, -0.05) is 0 Å². The van der Waals surface area contributed by atoms with Crippen molar-refractivity contribution in [3.63, 3.8) is 0 Å². The lowest BCUT2D eigenvalue weighted by atomic mass is 10.1. The van der Waals surface area contributed by atoms with Gasteiger partial charge in [0.1, 0.15) is 6.04 Å². The molecule has 6 heteroatoms. The molecule has 0 spiro atoms. The molecule has 0 aromatic rings. The standard InChI is InChI=1S/C14H27N3O2.ClH/c1-4-16(5-2)14(19)12-7-6-10-17(12)13(18)9-8-11(3)15;/h11-12H,4-10,15H2,1-3H3;1H. The van der Waals surface area contributed by atoms with E-state index in [4.69, 9.17) is 5.73 Å². The van der Waals surface area contributed by atoms with Crippen molar-refractivity contribution < 1.29 is 9.59 Å². The van der Waals surface area contributed by atoms with Crippen LogP contribution in [-0.4, -0.2) is 53.3 Å². The minimum atomic E-state index is -0.250. The number of nitrogens with zero attached hydrogens (tertiary/aromatic N) is 2. The molecule has 1 aliphatic rings. The molecular formula is C14H28ClN3O2. The van der Waals surface area contributed by atoms with Gasteiger partial charge >= 0.3 is 0 Å². The zero-order valence-electron chi connectivity index (χ0n) is 12.8. The van der Waals surface area contributed by atoms with Gasteiger partial charge in [-0.25, -0.2) is 0 Å². The van der Waals surface area contributed by atoms with Gasteiger partial charge in [0.25, 0.3) is 0 Å². The summed E-state index contributed by atoms with van der Waals surface area (Å²) in [7, 11) is 0. The van der Waals surface area contributed by atoms with Gasteiger partial charge in [-0.2, -0.15) is 0 Å². The van der Waals surface area contributed by atoms with Gasteiger partial charge in [0.2, 0.25) is 11.8 Å². The van der Waals surface area contributed by atoms with Crippen LogP contribution >= 0.6 is 12.4 Å². The SMILES string of the molecule is CCN(CC)C(=O)C1CCCN1C(=O)CCC(C)N.Cl. The van der Waals surface area contributed by atoms with E-state index in [0.717, 1.165) is 12.8 Å². The molecule has 118 valence electrons. The van der Waals surface area contributed by atoms with Gasteiger partial charge in [-0.15, -0.1) is 12.4 Å². The van der Waals surface area contributed by atoms with E-state index in [-0.39, 0.29) is 36.3 Å². The molecule has 2 N–H and O–H groups in total. The fourth-order valence-electron chi connectivity index (χ4n) is 2.56. The first-order chi connectivity index (χ1) is 9.01. The van der Waals surface area contributed by atoms with Gasteiger partial charge in [0, 0.05) is 32.1 Å². The Kier molecular flexibility index (Phi) is 8.81. The molecule has 1 saturated heterocycles. The summed E-state index contributed by atoms with van der Waals surface area (Å²) in [5.74, 6) is 0.164. The highest BCUT2D eigenvalue weighted by Crippen LogP contribution is 2.21. The largest absolute Gasteiger partial charge is 0.341 e. The summed E-state index contributed by atoms with van der Waals surface area (Å²) < 4.78 is 0. The molecule has 0 radical (unpaired) electrons. The number of carbonyl (C=O) groups is 2. The zero-order chi connectivity index (χ0) is 14.4. The van der Waals surface area contributed by atoms with E-state index in [1.807, 2.05) is 25.7 Å². The van der Waals surface area contributed by atoms with Crippen LogP contribution in [0, 0.1) is 0 Å². The molecule has 1 rings (SSSR count). The second-order valence-electron chi connectivity index (χ2n) is 5.27. The van der Waals surface area contributed by atoms with Crippen molar-refractivity contribution >= 4 is 24.2 Å². The van der Waals surface area contributed by atoms with Gasteiger partial charge in [0.05, 0.1) is 0 Å². The maximum Gasteiger partial charge on any atom is 0.245 e. The summed E-state index contributed by atoms with van der Waals surface area (Å²) in [6.07, 6.45) is 2.84. The van der Waals surface area contributed by atoms with Gasteiger partial charge < -0.3 is 15.5 Å².